The Kier molecular flexibility index (Phi) is 9.61. The summed E-state index contributed by atoms with van der Waals surface area (Å²) in [7, 11) is 3.90. The van der Waals surface area contributed by atoms with E-state index >= 15 is 0 Å². The zero-order valence-corrected chi connectivity index (χ0v) is 15.8. The molecular weight excluding hydrogens is 377 g/mol. The summed E-state index contributed by atoms with van der Waals surface area (Å²) in [5.41, 5.74) is 0.513. The van der Waals surface area contributed by atoms with Crippen LogP contribution < -0.4 is 5.32 Å². The third-order valence-corrected chi connectivity index (χ3v) is 3.57. The van der Waals surface area contributed by atoms with Gasteiger partial charge in [-0.2, -0.15) is 0 Å². The summed E-state index contributed by atoms with van der Waals surface area (Å²) in [6, 6.07) is 10.2. The van der Waals surface area contributed by atoms with Crippen LogP contribution in [0.25, 0.3) is 0 Å². The molecule has 0 aliphatic rings. The van der Waals surface area contributed by atoms with Gasteiger partial charge in [0.1, 0.15) is 0 Å². The van der Waals surface area contributed by atoms with Crippen LogP contribution in [0.4, 0.5) is 0 Å². The van der Waals surface area contributed by atoms with Gasteiger partial charge in [0.15, 0.2) is 5.96 Å². The van der Waals surface area contributed by atoms with Crippen molar-refractivity contribution in [2.24, 2.45) is 4.99 Å². The molecule has 21 heavy (non-hydrogen) atoms. The molecule has 0 saturated carbocycles. The summed E-state index contributed by atoms with van der Waals surface area (Å²) >= 11 is 0. The Hall–Kier alpha value is -0.820. The monoisotopic (exact) mass is 405 g/mol. The molecule has 4 nitrogen and oxygen atoms in total. The van der Waals surface area contributed by atoms with Crippen molar-refractivity contribution in [1.29, 1.82) is 0 Å². The lowest BCUT2D eigenvalue weighted by atomic mass is 9.98. The lowest BCUT2D eigenvalue weighted by Gasteiger charge is -2.28. The van der Waals surface area contributed by atoms with E-state index in [0.717, 1.165) is 18.8 Å². The number of hydrogen-bond donors (Lipinski definition) is 2. The third-order valence-electron chi connectivity index (χ3n) is 3.57. The largest absolute Gasteiger partial charge is 0.388 e. The van der Waals surface area contributed by atoms with Crippen molar-refractivity contribution in [3.8, 4) is 0 Å². The predicted octanol–water partition coefficient (Wildman–Crippen LogP) is 2.86. The van der Waals surface area contributed by atoms with Crippen LogP contribution in [-0.2, 0) is 6.54 Å². The molecule has 0 bridgehead atoms. The van der Waals surface area contributed by atoms with Gasteiger partial charge < -0.3 is 15.3 Å². The number of guanidine groups is 1. The van der Waals surface area contributed by atoms with E-state index in [-0.39, 0.29) is 24.0 Å². The second-order valence-corrected chi connectivity index (χ2v) is 5.30. The van der Waals surface area contributed by atoms with Gasteiger partial charge in [0.2, 0.25) is 0 Å². The fourth-order valence-electron chi connectivity index (χ4n) is 1.85. The van der Waals surface area contributed by atoms with Gasteiger partial charge in [-0.05, 0) is 18.4 Å². The molecule has 120 valence electrons. The minimum atomic E-state index is -0.663. The number of hydrogen-bond acceptors (Lipinski definition) is 2. The molecule has 0 heterocycles. The Bertz CT molecular complexity index is 417. The quantitative estimate of drug-likeness (QED) is 0.435. The van der Waals surface area contributed by atoms with Crippen LogP contribution in [0, 0.1) is 0 Å². The molecule has 0 saturated heterocycles. The molecule has 0 fully saturated rings. The van der Waals surface area contributed by atoms with Crippen LogP contribution >= 0.6 is 24.0 Å². The minimum absolute atomic E-state index is 0. The lowest BCUT2D eigenvalue weighted by molar-refractivity contribution is 0.0364. The van der Waals surface area contributed by atoms with Gasteiger partial charge >= 0.3 is 0 Å². The number of aliphatic imine (C=N–C) groups is 1. The van der Waals surface area contributed by atoms with Crippen molar-refractivity contribution in [2.75, 3.05) is 20.6 Å². The van der Waals surface area contributed by atoms with Gasteiger partial charge in [0.05, 0.1) is 12.1 Å². The van der Waals surface area contributed by atoms with Gasteiger partial charge in [-0.3, -0.25) is 0 Å². The SMILES string of the molecule is CCC(O)(CC)CNC(=NCc1ccccc1)N(C)C.I. The molecule has 0 unspecified atom stereocenters. The summed E-state index contributed by atoms with van der Waals surface area (Å²) in [4.78, 5) is 6.52. The molecule has 0 atom stereocenters. The highest BCUT2D eigenvalue weighted by Crippen LogP contribution is 2.13. The van der Waals surface area contributed by atoms with Crippen molar-refractivity contribution in [2.45, 2.75) is 38.8 Å². The first-order chi connectivity index (χ1) is 9.50. The van der Waals surface area contributed by atoms with E-state index in [2.05, 4.69) is 22.4 Å². The summed E-state index contributed by atoms with van der Waals surface area (Å²) in [5.74, 6) is 0.800. The zero-order chi connectivity index (χ0) is 15.0. The predicted molar refractivity (Wildman–Crippen MR) is 100 cm³/mol. The van der Waals surface area contributed by atoms with Crippen molar-refractivity contribution in [3.05, 3.63) is 35.9 Å². The van der Waals surface area contributed by atoms with E-state index < -0.39 is 5.60 Å². The molecule has 0 aliphatic heterocycles. The first kappa shape index (κ1) is 20.2. The molecule has 0 aliphatic carbocycles. The van der Waals surface area contributed by atoms with Crippen LogP contribution in [0.3, 0.4) is 0 Å². The van der Waals surface area contributed by atoms with Crippen molar-refractivity contribution >= 4 is 29.9 Å². The van der Waals surface area contributed by atoms with Crippen molar-refractivity contribution < 1.29 is 5.11 Å². The second kappa shape index (κ2) is 10.00. The number of benzene rings is 1. The van der Waals surface area contributed by atoms with E-state index in [1.165, 1.54) is 5.56 Å². The normalized spacial score (nSPS) is 11.8. The molecule has 0 amide bonds. The molecule has 1 rings (SSSR count). The van der Waals surface area contributed by atoms with Crippen LogP contribution in [-0.4, -0.2) is 42.2 Å². The highest BCUT2D eigenvalue weighted by Gasteiger charge is 2.22. The maximum atomic E-state index is 10.3. The Balaban J connectivity index is 0.00000400. The fraction of sp³-hybridized carbons (Fsp3) is 0.562. The fourth-order valence-corrected chi connectivity index (χ4v) is 1.85. The Morgan fingerprint density at radius 1 is 1.19 bits per heavy atom. The van der Waals surface area contributed by atoms with Crippen LogP contribution in [0.15, 0.2) is 35.3 Å². The van der Waals surface area contributed by atoms with Crippen LogP contribution in [0.1, 0.15) is 32.3 Å². The first-order valence-electron chi connectivity index (χ1n) is 7.22. The average Bonchev–Trinajstić information content (AvgIpc) is 2.47. The number of nitrogens with one attached hydrogen (secondary N) is 1. The molecule has 0 radical (unpaired) electrons. The van der Waals surface area contributed by atoms with E-state index in [1.54, 1.807) is 0 Å². The Morgan fingerprint density at radius 2 is 1.76 bits per heavy atom. The number of rotatable bonds is 6. The Morgan fingerprint density at radius 3 is 2.24 bits per heavy atom. The van der Waals surface area contributed by atoms with Crippen LogP contribution in [0.5, 0.6) is 0 Å². The minimum Gasteiger partial charge on any atom is -0.388 e. The molecule has 2 N–H and O–H groups in total. The summed E-state index contributed by atoms with van der Waals surface area (Å²) in [6.45, 7) is 5.16. The van der Waals surface area contributed by atoms with Crippen molar-refractivity contribution in [3.63, 3.8) is 0 Å². The highest BCUT2D eigenvalue weighted by molar-refractivity contribution is 14.0. The summed E-state index contributed by atoms with van der Waals surface area (Å²) in [6.07, 6.45) is 1.46. The molecule has 0 spiro atoms. The van der Waals surface area contributed by atoms with Gasteiger partial charge in [-0.25, -0.2) is 4.99 Å². The van der Waals surface area contributed by atoms with E-state index in [9.17, 15) is 5.11 Å². The highest BCUT2D eigenvalue weighted by atomic mass is 127. The number of aliphatic hydroxyl groups is 1. The summed E-state index contributed by atoms with van der Waals surface area (Å²) < 4.78 is 0. The molecule has 5 heteroatoms. The van der Waals surface area contributed by atoms with Gasteiger partial charge in [0.25, 0.3) is 0 Å². The smallest absolute Gasteiger partial charge is 0.193 e. The van der Waals surface area contributed by atoms with Crippen LogP contribution in [0.2, 0.25) is 0 Å². The standard InChI is InChI=1S/C16H27N3O.HI/c1-5-16(20,6-2)13-18-15(19(3)4)17-12-14-10-8-7-9-11-14;/h7-11,20H,5-6,12-13H2,1-4H3,(H,17,18);1H. The zero-order valence-electron chi connectivity index (χ0n) is 13.5. The van der Waals surface area contributed by atoms with E-state index in [1.807, 2.05) is 51.0 Å². The summed E-state index contributed by atoms with van der Waals surface area (Å²) in [5, 5.41) is 13.6. The number of halogens is 1. The van der Waals surface area contributed by atoms with Crippen molar-refractivity contribution in [1.82, 2.24) is 10.2 Å². The molecule has 0 aromatic heterocycles. The lowest BCUT2D eigenvalue weighted by Crippen LogP contribution is -2.46. The molecular formula is C16H28IN3O. The molecule has 1 aromatic rings. The van der Waals surface area contributed by atoms with Gasteiger partial charge in [-0.15, -0.1) is 24.0 Å². The topological polar surface area (TPSA) is 47.9 Å². The second-order valence-electron chi connectivity index (χ2n) is 5.30. The third kappa shape index (κ3) is 7.13. The maximum Gasteiger partial charge on any atom is 0.193 e. The Labute approximate surface area is 145 Å². The molecule has 1 aromatic carbocycles. The average molecular weight is 405 g/mol. The van der Waals surface area contributed by atoms with Gasteiger partial charge in [-0.1, -0.05) is 44.2 Å². The maximum absolute atomic E-state index is 10.3. The van der Waals surface area contributed by atoms with E-state index in [0.29, 0.717) is 13.1 Å². The van der Waals surface area contributed by atoms with E-state index in [4.69, 9.17) is 0 Å². The van der Waals surface area contributed by atoms with Gasteiger partial charge in [0, 0.05) is 20.6 Å². The number of nitrogens with zero attached hydrogens (tertiary/aromatic N) is 2. The first-order valence-corrected chi connectivity index (χ1v) is 7.22.